The molecule has 1 aliphatic heterocycles. The van der Waals surface area contributed by atoms with E-state index in [1.807, 2.05) is 12.1 Å². The van der Waals surface area contributed by atoms with Gasteiger partial charge in [-0.1, -0.05) is 27.2 Å². The summed E-state index contributed by atoms with van der Waals surface area (Å²) in [6.45, 7) is 3.75. The van der Waals surface area contributed by atoms with Crippen molar-refractivity contribution in [3.63, 3.8) is 0 Å². The lowest BCUT2D eigenvalue weighted by molar-refractivity contribution is 0.0530. The fraction of sp³-hybridized carbons (Fsp3) is 0.312. The first-order valence-corrected chi connectivity index (χ1v) is 8.11. The molecule has 1 aromatic heterocycles. The largest absolute Gasteiger partial charge is 0.361 e. The predicted octanol–water partition coefficient (Wildman–Crippen LogP) is 2.34. The first-order valence-electron chi connectivity index (χ1n) is 7.32. The Morgan fingerprint density at radius 1 is 1.09 bits per heavy atom. The van der Waals surface area contributed by atoms with Crippen molar-refractivity contribution in [3.05, 3.63) is 51.8 Å². The molecule has 0 radical (unpaired) electrons. The van der Waals surface area contributed by atoms with Crippen LogP contribution in [0, 0.1) is 6.92 Å². The first-order chi connectivity index (χ1) is 11.0. The molecule has 2 amide bonds. The van der Waals surface area contributed by atoms with Crippen LogP contribution in [0.25, 0.3) is 0 Å². The topological polar surface area (TPSA) is 66.7 Å². The number of halogens is 1. The molecule has 6 nitrogen and oxygen atoms in total. The molecule has 0 unspecified atom stereocenters. The minimum atomic E-state index is -0.156. The summed E-state index contributed by atoms with van der Waals surface area (Å²) in [6.07, 6.45) is 0. The molecule has 3 rings (SSSR count). The molecular formula is C16H16BrN3O3. The van der Waals surface area contributed by atoms with Gasteiger partial charge in [0.15, 0.2) is 5.69 Å². The summed E-state index contributed by atoms with van der Waals surface area (Å²) >= 11 is 3.37. The number of benzene rings is 1. The average molecular weight is 378 g/mol. The molecule has 0 atom stereocenters. The number of hydrogen-bond donors (Lipinski definition) is 0. The van der Waals surface area contributed by atoms with Crippen LogP contribution in [-0.4, -0.2) is 52.9 Å². The van der Waals surface area contributed by atoms with Crippen molar-refractivity contribution in [1.82, 2.24) is 15.0 Å². The molecular weight excluding hydrogens is 362 g/mol. The summed E-state index contributed by atoms with van der Waals surface area (Å²) < 4.78 is 5.81. The highest BCUT2D eigenvalue weighted by Gasteiger charge is 2.26. The Balaban J connectivity index is 1.62. The summed E-state index contributed by atoms with van der Waals surface area (Å²) in [6, 6.07) is 8.94. The number of aromatic nitrogens is 1. The van der Waals surface area contributed by atoms with Gasteiger partial charge in [0, 0.05) is 42.3 Å². The lowest BCUT2D eigenvalue weighted by atomic mass is 10.2. The van der Waals surface area contributed by atoms with Crippen LogP contribution in [0.3, 0.4) is 0 Å². The molecule has 0 saturated carbocycles. The van der Waals surface area contributed by atoms with E-state index in [4.69, 9.17) is 4.52 Å². The molecule has 0 aliphatic carbocycles. The van der Waals surface area contributed by atoms with E-state index in [0.29, 0.717) is 43.2 Å². The van der Waals surface area contributed by atoms with Gasteiger partial charge in [0.05, 0.1) is 0 Å². The average Bonchev–Trinajstić information content (AvgIpc) is 3.00. The lowest BCUT2D eigenvalue weighted by Gasteiger charge is -2.34. The molecule has 120 valence electrons. The van der Waals surface area contributed by atoms with Crippen LogP contribution in [0.4, 0.5) is 0 Å². The molecule has 0 N–H and O–H groups in total. The zero-order chi connectivity index (χ0) is 16.4. The van der Waals surface area contributed by atoms with Crippen LogP contribution in [-0.2, 0) is 0 Å². The van der Waals surface area contributed by atoms with Gasteiger partial charge in [-0.25, -0.2) is 0 Å². The summed E-state index contributed by atoms with van der Waals surface area (Å²) in [5.41, 5.74) is 0.959. The highest BCUT2D eigenvalue weighted by Crippen LogP contribution is 2.15. The Morgan fingerprint density at radius 3 is 2.30 bits per heavy atom. The molecule has 0 bridgehead atoms. The van der Waals surface area contributed by atoms with Crippen LogP contribution in [0.2, 0.25) is 0 Å². The zero-order valence-electron chi connectivity index (χ0n) is 12.7. The van der Waals surface area contributed by atoms with E-state index in [-0.39, 0.29) is 11.8 Å². The smallest absolute Gasteiger partial charge is 0.276 e. The molecule has 1 saturated heterocycles. The molecule has 7 heteroatoms. The van der Waals surface area contributed by atoms with Gasteiger partial charge in [0.2, 0.25) is 0 Å². The first kappa shape index (κ1) is 15.7. The minimum absolute atomic E-state index is 0.0179. The van der Waals surface area contributed by atoms with Crippen LogP contribution >= 0.6 is 15.9 Å². The van der Waals surface area contributed by atoms with E-state index < -0.39 is 0 Å². The minimum Gasteiger partial charge on any atom is -0.361 e. The third-order valence-corrected chi connectivity index (χ3v) is 4.27. The van der Waals surface area contributed by atoms with E-state index in [1.165, 1.54) is 0 Å². The maximum absolute atomic E-state index is 12.5. The predicted molar refractivity (Wildman–Crippen MR) is 87.2 cm³/mol. The molecule has 0 spiro atoms. The van der Waals surface area contributed by atoms with Crippen molar-refractivity contribution in [1.29, 1.82) is 0 Å². The fourth-order valence-corrected chi connectivity index (χ4v) is 2.95. The second-order valence-corrected chi connectivity index (χ2v) is 6.33. The zero-order valence-corrected chi connectivity index (χ0v) is 14.2. The standard InChI is InChI=1S/C16H16BrN3O3/c1-11-9-14(18-23-11)16(22)20-7-5-19(6-8-20)15(21)12-3-2-4-13(17)10-12/h2-4,9-10H,5-8H2,1H3. The number of carbonyl (C=O) groups excluding carboxylic acids is 2. The van der Waals surface area contributed by atoms with Gasteiger partial charge in [-0.15, -0.1) is 0 Å². The monoisotopic (exact) mass is 377 g/mol. The van der Waals surface area contributed by atoms with Gasteiger partial charge >= 0.3 is 0 Å². The second kappa shape index (κ2) is 6.54. The third-order valence-electron chi connectivity index (χ3n) is 3.77. The van der Waals surface area contributed by atoms with E-state index in [2.05, 4.69) is 21.1 Å². The Labute approximate surface area is 142 Å². The van der Waals surface area contributed by atoms with E-state index >= 15 is 0 Å². The summed E-state index contributed by atoms with van der Waals surface area (Å²) in [4.78, 5) is 28.2. The summed E-state index contributed by atoms with van der Waals surface area (Å²) in [7, 11) is 0. The Hall–Kier alpha value is -2.15. The maximum atomic E-state index is 12.5. The van der Waals surface area contributed by atoms with Gasteiger partial charge in [0.1, 0.15) is 5.76 Å². The van der Waals surface area contributed by atoms with Crippen molar-refractivity contribution in [2.75, 3.05) is 26.2 Å². The molecule has 23 heavy (non-hydrogen) atoms. The van der Waals surface area contributed by atoms with Crippen LogP contribution < -0.4 is 0 Å². The normalized spacial score (nSPS) is 14.9. The van der Waals surface area contributed by atoms with Gasteiger partial charge < -0.3 is 14.3 Å². The summed E-state index contributed by atoms with van der Waals surface area (Å²) in [5.74, 6) is 0.434. The highest BCUT2D eigenvalue weighted by molar-refractivity contribution is 9.10. The van der Waals surface area contributed by atoms with Crippen molar-refractivity contribution < 1.29 is 14.1 Å². The third kappa shape index (κ3) is 3.44. The van der Waals surface area contributed by atoms with Crippen molar-refractivity contribution in [3.8, 4) is 0 Å². The van der Waals surface area contributed by atoms with Crippen molar-refractivity contribution >= 4 is 27.7 Å². The van der Waals surface area contributed by atoms with Crippen molar-refractivity contribution in [2.24, 2.45) is 0 Å². The fourth-order valence-electron chi connectivity index (χ4n) is 2.55. The molecule has 2 aromatic rings. The van der Waals surface area contributed by atoms with E-state index in [0.717, 1.165) is 4.47 Å². The molecule has 2 heterocycles. The van der Waals surface area contributed by atoms with Gasteiger partial charge in [-0.3, -0.25) is 9.59 Å². The molecule has 1 aliphatic rings. The Kier molecular flexibility index (Phi) is 4.47. The second-order valence-electron chi connectivity index (χ2n) is 5.42. The van der Waals surface area contributed by atoms with E-state index in [1.54, 1.807) is 34.9 Å². The maximum Gasteiger partial charge on any atom is 0.276 e. The van der Waals surface area contributed by atoms with Gasteiger partial charge in [-0.05, 0) is 25.1 Å². The number of carbonyl (C=O) groups is 2. The number of piperazine rings is 1. The Morgan fingerprint density at radius 2 is 1.74 bits per heavy atom. The Bertz CT molecular complexity index is 736. The van der Waals surface area contributed by atoms with E-state index in [9.17, 15) is 9.59 Å². The van der Waals surface area contributed by atoms with Crippen LogP contribution in [0.5, 0.6) is 0 Å². The quantitative estimate of drug-likeness (QED) is 0.805. The van der Waals surface area contributed by atoms with Gasteiger partial charge in [-0.2, -0.15) is 0 Å². The number of aryl methyl sites for hydroxylation is 1. The number of rotatable bonds is 2. The number of nitrogens with zero attached hydrogens (tertiary/aromatic N) is 3. The molecule has 1 fully saturated rings. The van der Waals surface area contributed by atoms with Crippen LogP contribution in [0.15, 0.2) is 39.3 Å². The SMILES string of the molecule is Cc1cc(C(=O)N2CCN(C(=O)c3cccc(Br)c3)CC2)no1. The lowest BCUT2D eigenvalue weighted by Crippen LogP contribution is -2.50. The number of amides is 2. The molecule has 1 aromatic carbocycles. The highest BCUT2D eigenvalue weighted by atomic mass is 79.9. The van der Waals surface area contributed by atoms with Gasteiger partial charge in [0.25, 0.3) is 11.8 Å². The van der Waals surface area contributed by atoms with Crippen LogP contribution in [0.1, 0.15) is 26.6 Å². The summed E-state index contributed by atoms with van der Waals surface area (Å²) in [5, 5.41) is 3.75. The van der Waals surface area contributed by atoms with Crippen molar-refractivity contribution in [2.45, 2.75) is 6.92 Å². The number of hydrogen-bond acceptors (Lipinski definition) is 4.